The Kier molecular flexibility index (Phi) is 5.58. The van der Waals surface area contributed by atoms with Crippen molar-refractivity contribution in [1.82, 2.24) is 4.31 Å². The first-order chi connectivity index (χ1) is 8.41. The van der Waals surface area contributed by atoms with Crippen molar-refractivity contribution in [3.63, 3.8) is 0 Å². The van der Waals surface area contributed by atoms with Crippen LogP contribution in [0.1, 0.15) is 12.8 Å². The summed E-state index contributed by atoms with van der Waals surface area (Å²) in [5, 5.41) is 0.0237. The van der Waals surface area contributed by atoms with Crippen LogP contribution in [0.25, 0.3) is 0 Å². The number of rotatable bonds is 2. The number of hydrogen-bond donors (Lipinski definition) is 1. The molecule has 0 amide bonds. The molecule has 1 fully saturated rings. The quantitative estimate of drug-likeness (QED) is 0.903. The Morgan fingerprint density at radius 2 is 2.11 bits per heavy atom. The lowest BCUT2D eigenvalue weighted by Crippen LogP contribution is -2.45. The second-order valence-electron chi connectivity index (χ2n) is 4.34. The van der Waals surface area contributed by atoms with Gasteiger partial charge in [0.15, 0.2) is 0 Å². The fraction of sp³-hybridized carbons (Fsp3) is 0.455. The smallest absolute Gasteiger partial charge is 0.244 e. The largest absolute Gasteiger partial charge is 0.327 e. The summed E-state index contributed by atoms with van der Waals surface area (Å²) in [6, 6.07) is 3.13. The Balaban J connectivity index is 0.00000180. The van der Waals surface area contributed by atoms with Crippen LogP contribution in [0.2, 0.25) is 5.02 Å². The minimum Gasteiger partial charge on any atom is -0.327 e. The van der Waals surface area contributed by atoms with Crippen molar-refractivity contribution in [3.8, 4) is 0 Å². The van der Waals surface area contributed by atoms with Crippen molar-refractivity contribution in [1.29, 1.82) is 0 Å². The van der Waals surface area contributed by atoms with E-state index in [9.17, 15) is 12.8 Å². The van der Waals surface area contributed by atoms with Crippen LogP contribution >= 0.6 is 24.0 Å². The van der Waals surface area contributed by atoms with Gasteiger partial charge in [0.2, 0.25) is 10.0 Å². The van der Waals surface area contributed by atoms with Gasteiger partial charge in [-0.2, -0.15) is 4.31 Å². The van der Waals surface area contributed by atoms with Crippen LogP contribution in [0.3, 0.4) is 0 Å². The molecule has 0 aliphatic carbocycles. The molecule has 1 aromatic rings. The first kappa shape index (κ1) is 16.7. The van der Waals surface area contributed by atoms with Crippen molar-refractivity contribution in [2.75, 3.05) is 13.1 Å². The molecular weight excluding hydrogens is 314 g/mol. The molecule has 2 N–H and O–H groups in total. The fourth-order valence-corrected chi connectivity index (χ4v) is 4.03. The molecule has 0 spiro atoms. The zero-order valence-electron chi connectivity index (χ0n) is 10.1. The second kappa shape index (κ2) is 6.37. The summed E-state index contributed by atoms with van der Waals surface area (Å²) in [6.45, 7) is 0.637. The van der Waals surface area contributed by atoms with Crippen LogP contribution in [-0.2, 0) is 10.0 Å². The lowest BCUT2D eigenvalue weighted by molar-refractivity contribution is 0.316. The summed E-state index contributed by atoms with van der Waals surface area (Å²) in [4.78, 5) is -0.196. The van der Waals surface area contributed by atoms with E-state index in [1.165, 1.54) is 10.4 Å². The van der Waals surface area contributed by atoms with Crippen LogP contribution in [0.15, 0.2) is 23.1 Å². The monoisotopic (exact) mass is 328 g/mol. The predicted molar refractivity (Wildman–Crippen MR) is 74.6 cm³/mol. The van der Waals surface area contributed by atoms with Crippen molar-refractivity contribution in [2.24, 2.45) is 5.73 Å². The SMILES string of the molecule is Cl.N[C@@H]1CCCN(S(=O)(=O)c2cc(F)ccc2Cl)C1. The van der Waals surface area contributed by atoms with E-state index in [2.05, 4.69) is 0 Å². The van der Waals surface area contributed by atoms with Crippen LogP contribution in [0, 0.1) is 5.82 Å². The minimum atomic E-state index is -3.77. The van der Waals surface area contributed by atoms with E-state index >= 15 is 0 Å². The Labute approximate surface area is 123 Å². The summed E-state index contributed by atoms with van der Waals surface area (Å²) in [5.41, 5.74) is 5.75. The van der Waals surface area contributed by atoms with Crippen molar-refractivity contribution in [3.05, 3.63) is 29.0 Å². The molecule has 0 aromatic heterocycles. The zero-order valence-corrected chi connectivity index (χ0v) is 12.4. The topological polar surface area (TPSA) is 63.4 Å². The Morgan fingerprint density at radius 1 is 1.42 bits per heavy atom. The number of benzene rings is 1. The van der Waals surface area contributed by atoms with Gasteiger partial charge >= 0.3 is 0 Å². The van der Waals surface area contributed by atoms with Gasteiger partial charge in [0.25, 0.3) is 0 Å². The summed E-state index contributed by atoms with van der Waals surface area (Å²) in [6.07, 6.45) is 1.50. The highest BCUT2D eigenvalue weighted by molar-refractivity contribution is 7.89. The number of nitrogens with two attached hydrogens (primary N) is 1. The summed E-state index contributed by atoms with van der Waals surface area (Å²) < 4.78 is 39.1. The van der Waals surface area contributed by atoms with Crippen LogP contribution in [-0.4, -0.2) is 31.9 Å². The summed E-state index contributed by atoms with van der Waals surface area (Å²) >= 11 is 5.83. The third-order valence-corrected chi connectivity index (χ3v) is 5.28. The van der Waals surface area contributed by atoms with Gasteiger partial charge in [-0.15, -0.1) is 12.4 Å². The number of halogens is 3. The Bertz CT molecular complexity index is 554. The average molecular weight is 329 g/mol. The van der Waals surface area contributed by atoms with Gasteiger partial charge in [-0.05, 0) is 31.0 Å². The average Bonchev–Trinajstić information content (AvgIpc) is 2.32. The van der Waals surface area contributed by atoms with Gasteiger partial charge in [-0.3, -0.25) is 0 Å². The molecule has 1 heterocycles. The maximum Gasteiger partial charge on any atom is 0.244 e. The van der Waals surface area contributed by atoms with Gasteiger partial charge in [0, 0.05) is 19.1 Å². The van der Waals surface area contributed by atoms with Gasteiger partial charge in [-0.25, -0.2) is 12.8 Å². The van der Waals surface area contributed by atoms with E-state index in [1.54, 1.807) is 0 Å². The highest BCUT2D eigenvalue weighted by Crippen LogP contribution is 2.27. The fourth-order valence-electron chi connectivity index (χ4n) is 2.01. The van der Waals surface area contributed by atoms with E-state index in [1.807, 2.05) is 0 Å². The van der Waals surface area contributed by atoms with E-state index in [-0.39, 0.29) is 34.9 Å². The van der Waals surface area contributed by atoms with Crippen molar-refractivity contribution < 1.29 is 12.8 Å². The molecule has 1 aliphatic rings. The predicted octanol–water partition coefficient (Wildman–Crippen LogP) is 2.01. The number of hydrogen-bond acceptors (Lipinski definition) is 3. The zero-order chi connectivity index (χ0) is 13.3. The van der Waals surface area contributed by atoms with E-state index in [4.69, 9.17) is 17.3 Å². The molecular formula is C11H15Cl2FN2O2S. The molecule has 19 heavy (non-hydrogen) atoms. The molecule has 2 rings (SSSR count). The second-order valence-corrected chi connectivity index (χ2v) is 6.65. The summed E-state index contributed by atoms with van der Waals surface area (Å²) in [7, 11) is -3.77. The molecule has 4 nitrogen and oxygen atoms in total. The molecule has 0 unspecified atom stereocenters. The molecule has 1 atom stereocenters. The molecule has 108 valence electrons. The molecule has 8 heteroatoms. The number of nitrogens with zero attached hydrogens (tertiary/aromatic N) is 1. The lowest BCUT2D eigenvalue weighted by atomic mass is 10.1. The summed E-state index contributed by atoms with van der Waals surface area (Å²) in [5.74, 6) is -0.626. The number of piperidine rings is 1. The maximum atomic E-state index is 13.2. The van der Waals surface area contributed by atoms with Crippen LogP contribution < -0.4 is 5.73 Å². The number of sulfonamides is 1. The highest BCUT2D eigenvalue weighted by Gasteiger charge is 2.30. The Hall–Kier alpha value is -0.400. The highest BCUT2D eigenvalue weighted by atomic mass is 35.5. The molecule has 0 bridgehead atoms. The third kappa shape index (κ3) is 3.58. The molecule has 0 saturated carbocycles. The van der Waals surface area contributed by atoms with Crippen LogP contribution in [0.5, 0.6) is 0 Å². The van der Waals surface area contributed by atoms with E-state index in [0.717, 1.165) is 18.6 Å². The molecule has 0 radical (unpaired) electrons. The van der Waals surface area contributed by atoms with Gasteiger partial charge in [-0.1, -0.05) is 11.6 Å². The van der Waals surface area contributed by atoms with Crippen molar-refractivity contribution in [2.45, 2.75) is 23.8 Å². The van der Waals surface area contributed by atoms with Crippen LogP contribution in [0.4, 0.5) is 4.39 Å². The third-order valence-electron chi connectivity index (χ3n) is 2.93. The first-order valence-electron chi connectivity index (χ1n) is 5.62. The first-order valence-corrected chi connectivity index (χ1v) is 7.44. The van der Waals surface area contributed by atoms with Gasteiger partial charge in [0.05, 0.1) is 5.02 Å². The van der Waals surface area contributed by atoms with Gasteiger partial charge < -0.3 is 5.73 Å². The molecule has 1 aliphatic heterocycles. The minimum absolute atomic E-state index is 0. The molecule has 1 saturated heterocycles. The van der Waals surface area contributed by atoms with E-state index in [0.29, 0.717) is 13.0 Å². The van der Waals surface area contributed by atoms with Gasteiger partial charge in [0.1, 0.15) is 10.7 Å². The Morgan fingerprint density at radius 3 is 2.74 bits per heavy atom. The standard InChI is InChI=1S/C11H14ClFN2O2S.ClH/c12-10-4-3-8(13)6-11(10)18(16,17)15-5-1-2-9(14)7-15;/h3-4,6,9H,1-2,5,7,14H2;1H/t9-;/m1./s1. The van der Waals surface area contributed by atoms with E-state index < -0.39 is 15.8 Å². The lowest BCUT2D eigenvalue weighted by Gasteiger charge is -2.30. The maximum absolute atomic E-state index is 13.2. The van der Waals surface area contributed by atoms with Crippen molar-refractivity contribution >= 4 is 34.0 Å². The molecule has 1 aromatic carbocycles. The normalized spacial score (nSPS) is 20.9.